The highest BCUT2D eigenvalue weighted by molar-refractivity contribution is 6.33. The molecule has 0 bridgehead atoms. The highest BCUT2D eigenvalue weighted by Crippen LogP contribution is 2.42. The summed E-state index contributed by atoms with van der Waals surface area (Å²) in [5.41, 5.74) is 0.941. The summed E-state index contributed by atoms with van der Waals surface area (Å²) in [4.78, 5) is 11.6. The van der Waals surface area contributed by atoms with Gasteiger partial charge in [-0.25, -0.2) is 4.79 Å². The van der Waals surface area contributed by atoms with Gasteiger partial charge in [-0.1, -0.05) is 11.6 Å². The molecule has 1 aromatic rings. The fourth-order valence-electron chi connectivity index (χ4n) is 1.78. The lowest BCUT2D eigenvalue weighted by molar-refractivity contribution is -0.153. The van der Waals surface area contributed by atoms with Gasteiger partial charge < -0.3 is 19.3 Å². The van der Waals surface area contributed by atoms with E-state index in [-0.39, 0.29) is 22.9 Å². The molecule has 5 nitrogen and oxygen atoms in total. The average molecular weight is 289 g/mol. The van der Waals surface area contributed by atoms with Gasteiger partial charge in [0, 0.05) is 5.56 Å². The number of carbonyl (C=O) groups excluding carboxylic acids is 1. The number of halogens is 1. The number of esters is 1. The predicted octanol–water partition coefficient (Wildman–Crippen LogP) is 2.26. The number of hydrogen-bond donors (Lipinski definition) is 1. The van der Waals surface area contributed by atoms with E-state index < -0.39 is 12.1 Å². The largest absolute Gasteiger partial charge is 0.495 e. The molecule has 0 saturated carbocycles. The first-order valence-electron chi connectivity index (χ1n) is 5.73. The predicted molar refractivity (Wildman–Crippen MR) is 70.9 cm³/mol. The van der Waals surface area contributed by atoms with Crippen molar-refractivity contribution < 1.29 is 24.1 Å². The quantitative estimate of drug-likeness (QED) is 0.842. The minimum Gasteiger partial charge on any atom is -0.495 e. The van der Waals surface area contributed by atoms with Gasteiger partial charge in [0.1, 0.15) is 16.5 Å². The van der Waals surface area contributed by atoms with Gasteiger partial charge >= 0.3 is 5.97 Å². The molecule has 0 fully saturated rings. The van der Waals surface area contributed by atoms with Gasteiger partial charge in [-0.3, -0.25) is 0 Å². The number of aryl methyl sites for hydroxylation is 1. The smallest absolute Gasteiger partial charge is 0.339 e. The van der Waals surface area contributed by atoms with E-state index in [1.165, 1.54) is 14.2 Å². The maximum atomic E-state index is 11.6. The zero-order chi connectivity index (χ0) is 14.6. The first-order valence-corrected chi connectivity index (χ1v) is 6.11. The molecular formula is C13H17ClO5. The molecule has 1 N–H and O–H groups in total. The Hall–Kier alpha value is -1.46. The fourth-order valence-corrected chi connectivity index (χ4v) is 2.19. The molecule has 1 aromatic carbocycles. The molecule has 0 heterocycles. The summed E-state index contributed by atoms with van der Waals surface area (Å²) in [5.74, 6) is -0.107. The lowest BCUT2D eigenvalue weighted by Crippen LogP contribution is -2.16. The van der Waals surface area contributed by atoms with Crippen LogP contribution >= 0.6 is 11.6 Å². The van der Waals surface area contributed by atoms with E-state index >= 15 is 0 Å². The number of benzene rings is 1. The van der Waals surface area contributed by atoms with Crippen molar-refractivity contribution >= 4 is 17.6 Å². The van der Waals surface area contributed by atoms with Crippen LogP contribution in [0.25, 0.3) is 0 Å². The first kappa shape index (κ1) is 15.6. The lowest BCUT2D eigenvalue weighted by Gasteiger charge is -2.18. The summed E-state index contributed by atoms with van der Waals surface area (Å²) >= 11 is 6.13. The zero-order valence-corrected chi connectivity index (χ0v) is 12.1. The fraction of sp³-hybridized carbons (Fsp3) is 0.462. The van der Waals surface area contributed by atoms with E-state index in [1.807, 2.05) is 0 Å². The minimum atomic E-state index is -1.45. The zero-order valence-electron chi connectivity index (χ0n) is 11.3. The van der Waals surface area contributed by atoms with E-state index in [1.54, 1.807) is 19.9 Å². The van der Waals surface area contributed by atoms with E-state index in [0.717, 1.165) is 0 Å². The van der Waals surface area contributed by atoms with Gasteiger partial charge in [-0.2, -0.15) is 0 Å². The van der Waals surface area contributed by atoms with Crippen LogP contribution in [0.1, 0.15) is 24.2 Å². The SMILES string of the molecule is CCOC(=O)C(O)c1cc(C)c(OC)c(Cl)c1OC. The van der Waals surface area contributed by atoms with Crippen LogP contribution in [0.2, 0.25) is 5.02 Å². The minimum absolute atomic E-state index is 0.182. The van der Waals surface area contributed by atoms with Gasteiger partial charge in [0.15, 0.2) is 6.10 Å². The Bertz CT molecular complexity index is 473. The van der Waals surface area contributed by atoms with Crippen molar-refractivity contribution in [2.45, 2.75) is 20.0 Å². The molecule has 0 aromatic heterocycles. The molecule has 0 aliphatic carbocycles. The molecule has 0 saturated heterocycles. The third-order valence-electron chi connectivity index (χ3n) is 2.60. The number of hydrogen-bond acceptors (Lipinski definition) is 5. The topological polar surface area (TPSA) is 65.0 Å². The highest BCUT2D eigenvalue weighted by atomic mass is 35.5. The first-order chi connectivity index (χ1) is 8.97. The molecule has 1 atom stereocenters. The number of carbonyl (C=O) groups is 1. The van der Waals surface area contributed by atoms with Crippen LogP contribution in [0.15, 0.2) is 6.07 Å². The van der Waals surface area contributed by atoms with Crippen LogP contribution < -0.4 is 9.47 Å². The van der Waals surface area contributed by atoms with Crippen LogP contribution in [-0.4, -0.2) is 31.9 Å². The van der Waals surface area contributed by atoms with E-state index in [4.69, 9.17) is 25.8 Å². The van der Waals surface area contributed by atoms with Crippen molar-refractivity contribution in [3.05, 3.63) is 22.2 Å². The molecule has 0 aliphatic heterocycles. The third-order valence-corrected chi connectivity index (χ3v) is 2.95. The maximum absolute atomic E-state index is 11.6. The van der Waals surface area contributed by atoms with Crippen LogP contribution in [0.5, 0.6) is 11.5 Å². The van der Waals surface area contributed by atoms with Gasteiger partial charge in [0.05, 0.1) is 20.8 Å². The summed E-state index contributed by atoms with van der Waals surface area (Å²) in [6, 6.07) is 1.59. The molecule has 6 heteroatoms. The summed E-state index contributed by atoms with van der Waals surface area (Å²) in [7, 11) is 2.88. The molecular weight excluding hydrogens is 272 g/mol. The van der Waals surface area contributed by atoms with Gasteiger partial charge in [0.2, 0.25) is 0 Å². The van der Waals surface area contributed by atoms with Gasteiger partial charge in [-0.05, 0) is 25.5 Å². The summed E-state index contributed by atoms with van der Waals surface area (Å²) in [5, 5.41) is 10.2. The number of methoxy groups -OCH3 is 2. The molecule has 106 valence electrons. The molecule has 0 amide bonds. The second-order valence-electron chi connectivity index (χ2n) is 3.82. The van der Waals surface area contributed by atoms with Crippen molar-refractivity contribution in [2.24, 2.45) is 0 Å². The van der Waals surface area contributed by atoms with E-state index in [9.17, 15) is 9.90 Å². The van der Waals surface area contributed by atoms with Crippen LogP contribution in [0, 0.1) is 6.92 Å². The van der Waals surface area contributed by atoms with Crippen LogP contribution in [-0.2, 0) is 9.53 Å². The number of aliphatic hydroxyl groups excluding tert-OH is 1. The molecule has 1 unspecified atom stereocenters. The Labute approximate surface area is 117 Å². The molecule has 0 radical (unpaired) electrons. The Morgan fingerprint density at radius 3 is 2.42 bits per heavy atom. The Kier molecular flexibility index (Phi) is 5.44. The Balaban J connectivity index is 3.31. The van der Waals surface area contributed by atoms with E-state index in [0.29, 0.717) is 11.3 Å². The van der Waals surface area contributed by atoms with E-state index in [2.05, 4.69) is 0 Å². The molecule has 0 spiro atoms. The van der Waals surface area contributed by atoms with Crippen LogP contribution in [0.3, 0.4) is 0 Å². The highest BCUT2D eigenvalue weighted by Gasteiger charge is 2.26. The Morgan fingerprint density at radius 2 is 1.95 bits per heavy atom. The van der Waals surface area contributed by atoms with Crippen molar-refractivity contribution in [1.82, 2.24) is 0 Å². The number of rotatable bonds is 5. The monoisotopic (exact) mass is 288 g/mol. The summed E-state index contributed by atoms with van der Waals surface area (Å²) in [6.45, 7) is 3.60. The standard InChI is InChI=1S/C13H17ClO5/c1-5-19-13(16)10(15)8-6-7(2)11(17-3)9(14)12(8)18-4/h6,10,15H,5H2,1-4H3. The van der Waals surface area contributed by atoms with Crippen molar-refractivity contribution in [3.8, 4) is 11.5 Å². The van der Waals surface area contributed by atoms with Crippen molar-refractivity contribution in [3.63, 3.8) is 0 Å². The van der Waals surface area contributed by atoms with Crippen LogP contribution in [0.4, 0.5) is 0 Å². The number of aliphatic hydroxyl groups is 1. The molecule has 0 aliphatic rings. The molecule has 19 heavy (non-hydrogen) atoms. The lowest BCUT2D eigenvalue weighted by atomic mass is 10.0. The van der Waals surface area contributed by atoms with Gasteiger partial charge in [-0.15, -0.1) is 0 Å². The number of ether oxygens (including phenoxy) is 3. The third kappa shape index (κ3) is 3.11. The average Bonchev–Trinajstić information content (AvgIpc) is 2.38. The maximum Gasteiger partial charge on any atom is 0.339 e. The summed E-state index contributed by atoms with van der Waals surface area (Å²) < 4.78 is 15.1. The second-order valence-corrected chi connectivity index (χ2v) is 4.20. The van der Waals surface area contributed by atoms with Gasteiger partial charge in [0.25, 0.3) is 0 Å². The molecule has 1 rings (SSSR count). The summed E-state index contributed by atoms with van der Waals surface area (Å²) in [6.07, 6.45) is -1.45. The normalized spacial score (nSPS) is 11.9. The van der Waals surface area contributed by atoms with Crippen molar-refractivity contribution in [1.29, 1.82) is 0 Å². The second kappa shape index (κ2) is 6.63. The Morgan fingerprint density at radius 1 is 1.37 bits per heavy atom. The van der Waals surface area contributed by atoms with Crippen molar-refractivity contribution in [2.75, 3.05) is 20.8 Å².